The molecule has 6 rings (SSSR count). The van der Waals surface area contributed by atoms with E-state index in [0.717, 1.165) is 29.9 Å². The van der Waals surface area contributed by atoms with Crippen LogP contribution in [0.25, 0.3) is 0 Å². The van der Waals surface area contributed by atoms with E-state index in [2.05, 4.69) is 19.9 Å². The van der Waals surface area contributed by atoms with Crippen LogP contribution in [0.1, 0.15) is 51.5 Å². The highest BCUT2D eigenvalue weighted by Gasteiger charge is 2.66. The molecule has 7 nitrogen and oxygen atoms in total. The minimum absolute atomic E-state index is 0.0199. The first kappa shape index (κ1) is 19.3. The molecule has 166 valence electrons. The Morgan fingerprint density at radius 3 is 2.74 bits per heavy atom. The third-order valence-corrected chi connectivity index (χ3v) is 7.81. The second kappa shape index (κ2) is 6.79. The number of carbonyl (C=O) groups excluding carboxylic acids is 1. The molecule has 1 spiro atoms. The van der Waals surface area contributed by atoms with Crippen LogP contribution in [0.4, 0.5) is 0 Å². The van der Waals surface area contributed by atoms with Crippen molar-refractivity contribution in [3.63, 3.8) is 0 Å². The molecule has 0 bridgehead atoms. The van der Waals surface area contributed by atoms with Crippen LogP contribution in [0.2, 0.25) is 0 Å². The molecule has 7 heteroatoms. The van der Waals surface area contributed by atoms with Gasteiger partial charge in [0.25, 0.3) is 5.79 Å². The molecule has 1 saturated heterocycles. The average Bonchev–Trinajstić information content (AvgIpc) is 3.36. The number of fused-ring (bicyclic) bond motifs is 3. The van der Waals surface area contributed by atoms with Crippen molar-refractivity contribution in [3.8, 4) is 17.2 Å². The quantitative estimate of drug-likeness (QED) is 0.671. The van der Waals surface area contributed by atoms with Gasteiger partial charge in [-0.15, -0.1) is 0 Å². The molecule has 5 aliphatic rings. The van der Waals surface area contributed by atoms with E-state index in [0.29, 0.717) is 29.8 Å². The van der Waals surface area contributed by atoms with Gasteiger partial charge in [0, 0.05) is 41.9 Å². The molecule has 0 N–H and O–H groups in total. The lowest BCUT2D eigenvalue weighted by Crippen LogP contribution is -2.61. The number of esters is 1. The van der Waals surface area contributed by atoms with Crippen LogP contribution in [-0.4, -0.2) is 31.4 Å². The average molecular weight is 428 g/mol. The molecule has 7 atom stereocenters. The first-order valence-corrected chi connectivity index (χ1v) is 11.3. The standard InChI is InChI=1S/C24H28O7/c1-4-5-21(25)30-16-9-20-24(29-11-28-20)23-15(16)6-12(2)13(3)22(23)14-7-18-19(27-10-26-18)8-17(14)31-24/h7-9,12-13,15-16,22-23H,4-6,10-11H2,1-3H3/t12-,13+,15+,16?,22+,23+,24+/m1/s1. The van der Waals surface area contributed by atoms with Gasteiger partial charge in [-0.1, -0.05) is 20.8 Å². The second-order valence-corrected chi connectivity index (χ2v) is 9.44. The van der Waals surface area contributed by atoms with Gasteiger partial charge in [0.15, 0.2) is 24.1 Å². The Bertz CT molecular complexity index is 955. The van der Waals surface area contributed by atoms with Crippen LogP contribution in [0.3, 0.4) is 0 Å². The number of carbonyl (C=O) groups is 1. The zero-order valence-corrected chi connectivity index (χ0v) is 18.1. The molecule has 1 aromatic carbocycles. The zero-order chi connectivity index (χ0) is 21.3. The maximum absolute atomic E-state index is 12.4. The third kappa shape index (κ3) is 2.65. The lowest BCUT2D eigenvalue weighted by molar-refractivity contribution is -0.226. The fourth-order valence-electron chi connectivity index (χ4n) is 6.26. The summed E-state index contributed by atoms with van der Waals surface area (Å²) in [7, 11) is 0. The van der Waals surface area contributed by atoms with E-state index in [1.165, 1.54) is 0 Å². The summed E-state index contributed by atoms with van der Waals surface area (Å²) in [6.45, 7) is 6.90. The van der Waals surface area contributed by atoms with Gasteiger partial charge in [0.2, 0.25) is 6.79 Å². The summed E-state index contributed by atoms with van der Waals surface area (Å²) in [5, 5.41) is 0. The number of hydrogen-bond acceptors (Lipinski definition) is 7. The van der Waals surface area contributed by atoms with Crippen molar-refractivity contribution in [2.24, 2.45) is 23.7 Å². The van der Waals surface area contributed by atoms with Crippen LogP contribution in [-0.2, 0) is 19.0 Å². The number of benzene rings is 1. The first-order chi connectivity index (χ1) is 15.0. The zero-order valence-electron chi connectivity index (χ0n) is 18.1. The first-order valence-electron chi connectivity index (χ1n) is 11.3. The highest BCUT2D eigenvalue weighted by molar-refractivity contribution is 5.69. The Morgan fingerprint density at radius 1 is 1.13 bits per heavy atom. The monoisotopic (exact) mass is 428 g/mol. The topological polar surface area (TPSA) is 72.5 Å². The summed E-state index contributed by atoms with van der Waals surface area (Å²) < 4.78 is 35.9. The molecule has 3 aliphatic heterocycles. The molecule has 0 radical (unpaired) electrons. The van der Waals surface area contributed by atoms with Crippen molar-refractivity contribution in [2.75, 3.05) is 13.6 Å². The summed E-state index contributed by atoms with van der Waals surface area (Å²) >= 11 is 0. The van der Waals surface area contributed by atoms with Crippen molar-refractivity contribution in [1.82, 2.24) is 0 Å². The van der Waals surface area contributed by atoms with Crippen molar-refractivity contribution < 1.29 is 33.2 Å². The highest BCUT2D eigenvalue weighted by atomic mass is 16.8. The maximum Gasteiger partial charge on any atom is 0.306 e. The largest absolute Gasteiger partial charge is 0.465 e. The smallest absolute Gasteiger partial charge is 0.306 e. The normalized spacial score (nSPS) is 38.7. The van der Waals surface area contributed by atoms with E-state index in [1.807, 2.05) is 19.1 Å². The van der Waals surface area contributed by atoms with Gasteiger partial charge in [-0.05, 0) is 30.7 Å². The fourth-order valence-corrected chi connectivity index (χ4v) is 6.26. The highest BCUT2D eigenvalue weighted by Crippen LogP contribution is 2.64. The van der Waals surface area contributed by atoms with E-state index in [9.17, 15) is 4.79 Å². The van der Waals surface area contributed by atoms with Gasteiger partial charge in [-0.3, -0.25) is 9.53 Å². The molecular weight excluding hydrogens is 400 g/mol. The van der Waals surface area contributed by atoms with Gasteiger partial charge in [-0.25, -0.2) is 0 Å². The minimum Gasteiger partial charge on any atom is -0.465 e. The number of rotatable bonds is 3. The van der Waals surface area contributed by atoms with E-state index < -0.39 is 5.79 Å². The Hall–Kier alpha value is -2.41. The lowest BCUT2D eigenvalue weighted by Gasteiger charge is -2.56. The summed E-state index contributed by atoms with van der Waals surface area (Å²) in [6, 6.07) is 3.98. The SMILES string of the molecule is CCCC(=O)OC1C=C2OCO[C@]23Oc2cc4c(cc2[C@@H]2[C@@H](C)[C@H](C)C[C@@H]1[C@@H]23)OCO4. The predicted molar refractivity (Wildman–Crippen MR) is 108 cm³/mol. The Labute approximate surface area is 181 Å². The molecule has 1 unspecified atom stereocenters. The molecule has 1 saturated carbocycles. The summed E-state index contributed by atoms with van der Waals surface area (Å²) in [5.74, 6) is 2.72. The van der Waals surface area contributed by atoms with Crippen molar-refractivity contribution in [2.45, 2.75) is 57.8 Å². The van der Waals surface area contributed by atoms with E-state index >= 15 is 0 Å². The fraction of sp³-hybridized carbons (Fsp3) is 0.625. The molecule has 2 aliphatic carbocycles. The van der Waals surface area contributed by atoms with Crippen molar-refractivity contribution >= 4 is 5.97 Å². The summed E-state index contributed by atoms with van der Waals surface area (Å²) in [4.78, 5) is 12.4. The van der Waals surface area contributed by atoms with Gasteiger partial charge in [0.1, 0.15) is 11.9 Å². The molecule has 0 aromatic heterocycles. The third-order valence-electron chi connectivity index (χ3n) is 7.81. The van der Waals surface area contributed by atoms with Gasteiger partial charge in [-0.2, -0.15) is 0 Å². The molecule has 1 aromatic rings. The molecular formula is C24H28O7. The molecule has 0 amide bonds. The molecule has 2 fully saturated rings. The second-order valence-electron chi connectivity index (χ2n) is 9.44. The Balaban J connectivity index is 1.49. The van der Waals surface area contributed by atoms with Gasteiger partial charge >= 0.3 is 5.97 Å². The van der Waals surface area contributed by atoms with Crippen molar-refractivity contribution in [1.29, 1.82) is 0 Å². The Morgan fingerprint density at radius 2 is 1.94 bits per heavy atom. The van der Waals surface area contributed by atoms with Gasteiger partial charge in [0.05, 0.1) is 0 Å². The minimum atomic E-state index is -0.988. The van der Waals surface area contributed by atoms with Crippen LogP contribution in [0.15, 0.2) is 24.0 Å². The van der Waals surface area contributed by atoms with E-state index in [-0.39, 0.29) is 43.4 Å². The van der Waals surface area contributed by atoms with Crippen LogP contribution < -0.4 is 14.2 Å². The van der Waals surface area contributed by atoms with Gasteiger partial charge < -0.3 is 23.7 Å². The van der Waals surface area contributed by atoms with Crippen LogP contribution in [0, 0.1) is 23.7 Å². The lowest BCUT2D eigenvalue weighted by atomic mass is 9.54. The maximum atomic E-state index is 12.4. The summed E-state index contributed by atoms with van der Waals surface area (Å²) in [5.41, 5.74) is 1.11. The van der Waals surface area contributed by atoms with Crippen LogP contribution >= 0.6 is 0 Å². The molecule has 3 heterocycles. The van der Waals surface area contributed by atoms with Crippen LogP contribution in [0.5, 0.6) is 17.2 Å². The summed E-state index contributed by atoms with van der Waals surface area (Å²) in [6.07, 6.45) is 3.69. The number of ether oxygens (including phenoxy) is 6. The van der Waals surface area contributed by atoms with E-state index in [1.54, 1.807) is 0 Å². The molecule has 31 heavy (non-hydrogen) atoms. The predicted octanol–water partition coefficient (Wildman–Crippen LogP) is 4.11. The van der Waals surface area contributed by atoms with Crippen molar-refractivity contribution in [3.05, 3.63) is 29.5 Å². The Kier molecular flexibility index (Phi) is 4.23. The number of hydrogen-bond donors (Lipinski definition) is 0. The van der Waals surface area contributed by atoms with E-state index in [4.69, 9.17) is 28.4 Å².